The normalized spacial score (nSPS) is 7.30. The van der Waals surface area contributed by atoms with E-state index in [1.807, 2.05) is 0 Å². The quantitative estimate of drug-likeness (QED) is 0.454. The van der Waals surface area contributed by atoms with Crippen molar-refractivity contribution < 1.29 is 5.11 Å². The maximum Gasteiger partial charge on any atom is 0.0434 e. The van der Waals surface area contributed by atoms with Crippen molar-refractivity contribution in [3.05, 3.63) is 25.8 Å². The average Bonchev–Trinajstić information content (AvgIpc) is 2.04. The highest BCUT2D eigenvalue weighted by Gasteiger charge is 1.86. The topological polar surface area (TPSA) is 44.1 Å². The lowest BCUT2D eigenvalue weighted by atomic mass is 10.2. The van der Waals surface area contributed by atoms with Gasteiger partial charge in [0.15, 0.2) is 0 Å². The second kappa shape index (κ2) is 11.0. The number of rotatable bonds is 4. The van der Waals surface area contributed by atoms with Crippen molar-refractivity contribution in [3.8, 4) is 0 Å². The van der Waals surface area contributed by atoms with E-state index in [-0.39, 0.29) is 6.61 Å². The van der Waals surface area contributed by atoms with Crippen molar-refractivity contribution in [1.29, 1.82) is 5.41 Å². The molecule has 0 fully saturated rings. The number of hydrogen-bond donors (Lipinski definition) is 2. The van der Waals surface area contributed by atoms with Crippen LogP contribution in [-0.2, 0) is 0 Å². The number of allylic oxidation sites excluding steroid dienone is 1. The molecule has 2 heteroatoms. The Morgan fingerprint density at radius 2 is 2.00 bits per heavy atom. The number of aliphatic hydroxyl groups excluding tert-OH is 1. The predicted octanol–water partition coefficient (Wildman–Crippen LogP) is 1.77. The molecule has 2 N–H and O–H groups in total. The first-order valence-corrected chi connectivity index (χ1v) is 3.12. The van der Waals surface area contributed by atoms with Gasteiger partial charge in [-0.3, -0.25) is 0 Å². The van der Waals surface area contributed by atoms with Gasteiger partial charge in [0, 0.05) is 12.3 Å². The molecule has 0 unspecified atom stereocenters. The third-order valence-electron chi connectivity index (χ3n) is 0.851. The summed E-state index contributed by atoms with van der Waals surface area (Å²) in [5.41, 5.74) is 0.499. The standard InChI is InChI=1S/C6H11NO.C2H4/c1-2-6(7)4-3-5-8;1-2/h2,7-8H,1,3-5H2;1-2H2. The molecular weight excluding hydrogens is 126 g/mol. The van der Waals surface area contributed by atoms with Gasteiger partial charge in [-0.15, -0.1) is 13.2 Å². The third-order valence-corrected chi connectivity index (χ3v) is 0.851. The van der Waals surface area contributed by atoms with E-state index in [1.54, 1.807) is 0 Å². The zero-order chi connectivity index (χ0) is 8.41. The van der Waals surface area contributed by atoms with Gasteiger partial charge < -0.3 is 10.5 Å². The van der Waals surface area contributed by atoms with Crippen molar-refractivity contribution in [2.75, 3.05) is 6.61 Å². The van der Waals surface area contributed by atoms with Crippen molar-refractivity contribution >= 4 is 5.71 Å². The molecule has 0 atom stereocenters. The zero-order valence-electron chi connectivity index (χ0n) is 6.27. The van der Waals surface area contributed by atoms with Gasteiger partial charge in [-0.05, 0) is 18.9 Å². The molecule has 0 aliphatic heterocycles. The minimum absolute atomic E-state index is 0.163. The summed E-state index contributed by atoms with van der Waals surface area (Å²) in [5.74, 6) is 0. The summed E-state index contributed by atoms with van der Waals surface area (Å²) >= 11 is 0. The summed E-state index contributed by atoms with van der Waals surface area (Å²) < 4.78 is 0. The molecule has 0 aliphatic rings. The summed E-state index contributed by atoms with van der Waals surface area (Å²) in [6, 6.07) is 0. The first kappa shape index (κ1) is 11.9. The molecule has 0 saturated heterocycles. The smallest absolute Gasteiger partial charge is 0.0434 e. The van der Waals surface area contributed by atoms with Crippen LogP contribution in [0.25, 0.3) is 0 Å². The lowest BCUT2D eigenvalue weighted by Gasteiger charge is -1.91. The Bertz CT molecular complexity index is 99.4. The number of hydrogen-bond acceptors (Lipinski definition) is 2. The Hall–Kier alpha value is -0.890. The van der Waals surface area contributed by atoms with Crippen LogP contribution in [0.4, 0.5) is 0 Å². The summed E-state index contributed by atoms with van der Waals surface area (Å²) in [6.45, 7) is 9.57. The van der Waals surface area contributed by atoms with Crippen molar-refractivity contribution in [2.24, 2.45) is 0 Å². The molecule has 0 radical (unpaired) electrons. The van der Waals surface area contributed by atoms with Crippen molar-refractivity contribution in [2.45, 2.75) is 12.8 Å². The lowest BCUT2D eigenvalue weighted by molar-refractivity contribution is 0.291. The fourth-order valence-electron chi connectivity index (χ4n) is 0.372. The van der Waals surface area contributed by atoms with Crippen LogP contribution in [0.3, 0.4) is 0 Å². The lowest BCUT2D eigenvalue weighted by Crippen LogP contribution is -1.91. The van der Waals surface area contributed by atoms with Crippen LogP contribution < -0.4 is 0 Å². The highest BCUT2D eigenvalue weighted by atomic mass is 16.2. The minimum atomic E-state index is 0.163. The predicted molar refractivity (Wildman–Crippen MR) is 45.5 cm³/mol. The van der Waals surface area contributed by atoms with Crippen molar-refractivity contribution in [3.63, 3.8) is 0 Å². The second-order valence-electron chi connectivity index (χ2n) is 1.56. The highest BCUT2D eigenvalue weighted by Crippen LogP contribution is 1.88. The largest absolute Gasteiger partial charge is 0.396 e. The van der Waals surface area contributed by atoms with Crippen LogP contribution >= 0.6 is 0 Å². The first-order chi connectivity index (χ1) is 4.81. The van der Waals surface area contributed by atoms with Crippen LogP contribution in [0.15, 0.2) is 25.8 Å². The Labute approximate surface area is 62.4 Å². The fourth-order valence-corrected chi connectivity index (χ4v) is 0.372. The molecule has 0 aliphatic carbocycles. The van der Waals surface area contributed by atoms with E-state index in [0.29, 0.717) is 18.6 Å². The monoisotopic (exact) mass is 141 g/mol. The summed E-state index contributed by atoms with van der Waals surface area (Å²) in [6.07, 6.45) is 2.81. The van der Waals surface area contributed by atoms with E-state index in [0.717, 1.165) is 0 Å². The molecule has 0 aromatic rings. The maximum atomic E-state index is 8.28. The Balaban J connectivity index is 0. The van der Waals surface area contributed by atoms with Gasteiger partial charge in [-0.2, -0.15) is 0 Å². The van der Waals surface area contributed by atoms with Gasteiger partial charge in [0.1, 0.15) is 0 Å². The summed E-state index contributed by atoms with van der Waals surface area (Å²) in [5, 5.41) is 15.3. The number of nitrogens with one attached hydrogen (secondary N) is 1. The molecule has 0 rings (SSSR count). The first-order valence-electron chi connectivity index (χ1n) is 3.12. The van der Waals surface area contributed by atoms with E-state index in [9.17, 15) is 0 Å². The van der Waals surface area contributed by atoms with Gasteiger partial charge in [0.05, 0.1) is 0 Å². The van der Waals surface area contributed by atoms with Gasteiger partial charge in [-0.1, -0.05) is 6.58 Å². The number of aliphatic hydroxyl groups is 1. The molecule has 0 heterocycles. The van der Waals surface area contributed by atoms with Crippen LogP contribution in [-0.4, -0.2) is 17.4 Å². The fraction of sp³-hybridized carbons (Fsp3) is 0.375. The molecule has 58 valence electrons. The molecule has 0 aromatic carbocycles. The molecule has 0 saturated carbocycles. The summed E-state index contributed by atoms with van der Waals surface area (Å²) in [7, 11) is 0. The summed E-state index contributed by atoms with van der Waals surface area (Å²) in [4.78, 5) is 0. The molecule has 0 amide bonds. The molecule has 2 nitrogen and oxygen atoms in total. The van der Waals surface area contributed by atoms with Crippen LogP contribution in [0, 0.1) is 5.41 Å². The average molecular weight is 141 g/mol. The SMILES string of the molecule is C=C.C=CC(=N)CCCO. The zero-order valence-corrected chi connectivity index (χ0v) is 6.27. The van der Waals surface area contributed by atoms with E-state index in [4.69, 9.17) is 10.5 Å². The Morgan fingerprint density at radius 3 is 2.30 bits per heavy atom. The molecule has 0 aromatic heterocycles. The van der Waals surface area contributed by atoms with E-state index >= 15 is 0 Å². The molecular formula is C8H15NO. The highest BCUT2D eigenvalue weighted by molar-refractivity contribution is 5.91. The van der Waals surface area contributed by atoms with Gasteiger partial charge in [0.2, 0.25) is 0 Å². The molecule has 0 spiro atoms. The van der Waals surface area contributed by atoms with Crippen molar-refractivity contribution in [1.82, 2.24) is 0 Å². The van der Waals surface area contributed by atoms with Gasteiger partial charge in [0.25, 0.3) is 0 Å². The Morgan fingerprint density at radius 1 is 1.50 bits per heavy atom. The van der Waals surface area contributed by atoms with Crippen LogP contribution in [0.5, 0.6) is 0 Å². The maximum absolute atomic E-state index is 8.28. The van der Waals surface area contributed by atoms with Gasteiger partial charge in [-0.25, -0.2) is 0 Å². The van der Waals surface area contributed by atoms with E-state index in [1.165, 1.54) is 6.08 Å². The van der Waals surface area contributed by atoms with E-state index < -0.39 is 0 Å². The van der Waals surface area contributed by atoms with E-state index in [2.05, 4.69) is 19.7 Å². The molecule has 0 bridgehead atoms. The van der Waals surface area contributed by atoms with Crippen LogP contribution in [0.2, 0.25) is 0 Å². The second-order valence-corrected chi connectivity index (χ2v) is 1.56. The Kier molecular flexibility index (Phi) is 13.0. The molecule has 10 heavy (non-hydrogen) atoms. The van der Waals surface area contributed by atoms with Gasteiger partial charge >= 0.3 is 0 Å². The third kappa shape index (κ3) is 10.2. The minimum Gasteiger partial charge on any atom is -0.396 e. The van der Waals surface area contributed by atoms with Crippen LogP contribution in [0.1, 0.15) is 12.8 Å².